The highest BCUT2D eigenvalue weighted by atomic mass is 15.3. The lowest BCUT2D eigenvalue weighted by Crippen LogP contribution is -2.21. The number of nitrogens with zero attached hydrogens (tertiary/aromatic N) is 3. The minimum atomic E-state index is 0.419. The fourth-order valence-electron chi connectivity index (χ4n) is 2.03. The standard InChI is InChI=1S/C12H24N4/c1-9(2)5-11(7-13)6-12-15-14-8-16(12)10(3)4/h8-11H,5-7,13H2,1-4H3/t11-/m0/s1. The second-order valence-corrected chi connectivity index (χ2v) is 5.18. The van der Waals surface area contributed by atoms with Crippen molar-refractivity contribution < 1.29 is 0 Å². The van der Waals surface area contributed by atoms with Crippen molar-refractivity contribution in [2.45, 2.75) is 46.6 Å². The lowest BCUT2D eigenvalue weighted by Gasteiger charge is -2.18. The Morgan fingerprint density at radius 2 is 2.00 bits per heavy atom. The van der Waals surface area contributed by atoms with Crippen LogP contribution >= 0.6 is 0 Å². The van der Waals surface area contributed by atoms with Gasteiger partial charge in [-0.05, 0) is 38.6 Å². The van der Waals surface area contributed by atoms with Crippen molar-refractivity contribution in [3.8, 4) is 0 Å². The summed E-state index contributed by atoms with van der Waals surface area (Å²) in [6.45, 7) is 9.48. The third kappa shape index (κ3) is 3.59. The Kier molecular flexibility index (Phi) is 4.93. The van der Waals surface area contributed by atoms with Gasteiger partial charge in [-0.15, -0.1) is 10.2 Å². The predicted octanol–water partition coefficient (Wildman–Crippen LogP) is 2.02. The van der Waals surface area contributed by atoms with Gasteiger partial charge in [0, 0.05) is 12.5 Å². The molecule has 16 heavy (non-hydrogen) atoms. The van der Waals surface area contributed by atoms with Crippen LogP contribution in [0.2, 0.25) is 0 Å². The zero-order valence-electron chi connectivity index (χ0n) is 10.8. The summed E-state index contributed by atoms with van der Waals surface area (Å²) in [6.07, 6.45) is 3.90. The van der Waals surface area contributed by atoms with E-state index in [4.69, 9.17) is 5.73 Å². The van der Waals surface area contributed by atoms with Crippen LogP contribution in [0.5, 0.6) is 0 Å². The van der Waals surface area contributed by atoms with Crippen LogP contribution < -0.4 is 5.73 Å². The summed E-state index contributed by atoms with van der Waals surface area (Å²) in [7, 11) is 0. The zero-order valence-corrected chi connectivity index (χ0v) is 10.8. The predicted molar refractivity (Wildman–Crippen MR) is 66.1 cm³/mol. The number of aromatic nitrogens is 3. The molecule has 0 saturated carbocycles. The molecule has 0 spiro atoms. The molecule has 1 aromatic rings. The maximum Gasteiger partial charge on any atom is 0.133 e. The second kappa shape index (κ2) is 5.99. The molecule has 0 unspecified atom stereocenters. The first kappa shape index (κ1) is 13.2. The van der Waals surface area contributed by atoms with E-state index in [0.717, 1.165) is 25.2 Å². The van der Waals surface area contributed by atoms with E-state index >= 15 is 0 Å². The smallest absolute Gasteiger partial charge is 0.133 e. The van der Waals surface area contributed by atoms with Gasteiger partial charge in [0.1, 0.15) is 12.2 Å². The van der Waals surface area contributed by atoms with Crippen molar-refractivity contribution >= 4 is 0 Å². The summed E-state index contributed by atoms with van der Waals surface area (Å²) < 4.78 is 2.13. The minimum absolute atomic E-state index is 0.419. The Morgan fingerprint density at radius 3 is 2.50 bits per heavy atom. The molecule has 0 aliphatic heterocycles. The number of rotatable bonds is 6. The van der Waals surface area contributed by atoms with E-state index in [-0.39, 0.29) is 0 Å². The molecule has 2 N–H and O–H groups in total. The third-order valence-electron chi connectivity index (χ3n) is 2.81. The van der Waals surface area contributed by atoms with Crippen LogP contribution in [0, 0.1) is 11.8 Å². The summed E-state index contributed by atoms with van der Waals surface area (Å²) >= 11 is 0. The average Bonchev–Trinajstić information content (AvgIpc) is 2.64. The first-order valence-corrected chi connectivity index (χ1v) is 6.13. The van der Waals surface area contributed by atoms with E-state index in [1.165, 1.54) is 0 Å². The van der Waals surface area contributed by atoms with Gasteiger partial charge in [0.05, 0.1) is 0 Å². The Labute approximate surface area is 98.2 Å². The molecule has 0 aliphatic carbocycles. The van der Waals surface area contributed by atoms with Crippen molar-refractivity contribution in [3.63, 3.8) is 0 Å². The monoisotopic (exact) mass is 224 g/mol. The summed E-state index contributed by atoms with van der Waals surface area (Å²) in [4.78, 5) is 0. The third-order valence-corrected chi connectivity index (χ3v) is 2.81. The van der Waals surface area contributed by atoms with E-state index in [0.29, 0.717) is 17.9 Å². The first-order valence-electron chi connectivity index (χ1n) is 6.13. The summed E-state index contributed by atoms with van der Waals surface area (Å²) in [5, 5.41) is 8.17. The molecule has 0 saturated heterocycles. The van der Waals surface area contributed by atoms with E-state index < -0.39 is 0 Å². The maximum atomic E-state index is 5.81. The van der Waals surface area contributed by atoms with Crippen molar-refractivity contribution in [1.29, 1.82) is 0 Å². The molecular weight excluding hydrogens is 200 g/mol. The van der Waals surface area contributed by atoms with Crippen LogP contribution in [0.25, 0.3) is 0 Å². The molecule has 1 atom stereocenters. The largest absolute Gasteiger partial charge is 0.330 e. The molecule has 0 radical (unpaired) electrons. The Balaban J connectivity index is 2.66. The number of hydrogen-bond donors (Lipinski definition) is 1. The van der Waals surface area contributed by atoms with E-state index in [9.17, 15) is 0 Å². The van der Waals surface area contributed by atoms with Gasteiger partial charge in [-0.25, -0.2) is 0 Å². The Bertz CT molecular complexity index is 304. The molecule has 1 rings (SSSR count). The van der Waals surface area contributed by atoms with Crippen LogP contribution in [-0.2, 0) is 6.42 Å². The van der Waals surface area contributed by atoms with Crippen LogP contribution in [0.15, 0.2) is 6.33 Å². The summed E-state index contributed by atoms with van der Waals surface area (Å²) in [6, 6.07) is 0.419. The van der Waals surface area contributed by atoms with E-state index in [1.807, 2.05) is 6.33 Å². The lowest BCUT2D eigenvalue weighted by molar-refractivity contribution is 0.398. The first-order chi connectivity index (χ1) is 7.54. The molecule has 0 bridgehead atoms. The highest BCUT2D eigenvalue weighted by Gasteiger charge is 2.15. The molecule has 92 valence electrons. The zero-order chi connectivity index (χ0) is 12.1. The lowest BCUT2D eigenvalue weighted by atomic mass is 9.94. The molecular formula is C12H24N4. The minimum Gasteiger partial charge on any atom is -0.330 e. The van der Waals surface area contributed by atoms with Crippen molar-refractivity contribution in [3.05, 3.63) is 12.2 Å². The van der Waals surface area contributed by atoms with Gasteiger partial charge in [-0.3, -0.25) is 0 Å². The highest BCUT2D eigenvalue weighted by Crippen LogP contribution is 2.17. The molecule has 0 aromatic carbocycles. The van der Waals surface area contributed by atoms with Gasteiger partial charge in [0.25, 0.3) is 0 Å². The second-order valence-electron chi connectivity index (χ2n) is 5.18. The van der Waals surface area contributed by atoms with Gasteiger partial charge >= 0.3 is 0 Å². The average molecular weight is 224 g/mol. The van der Waals surface area contributed by atoms with Gasteiger partial charge in [-0.1, -0.05) is 13.8 Å². The van der Waals surface area contributed by atoms with Gasteiger partial charge in [-0.2, -0.15) is 0 Å². The molecule has 4 nitrogen and oxygen atoms in total. The fourth-order valence-corrected chi connectivity index (χ4v) is 2.03. The van der Waals surface area contributed by atoms with Gasteiger partial charge < -0.3 is 10.3 Å². The highest BCUT2D eigenvalue weighted by molar-refractivity contribution is 4.90. The SMILES string of the molecule is CC(C)C[C@H](CN)Cc1nncn1C(C)C. The Morgan fingerprint density at radius 1 is 1.31 bits per heavy atom. The van der Waals surface area contributed by atoms with Crippen molar-refractivity contribution in [2.75, 3.05) is 6.54 Å². The van der Waals surface area contributed by atoms with Crippen molar-refractivity contribution in [2.24, 2.45) is 17.6 Å². The van der Waals surface area contributed by atoms with E-state index in [1.54, 1.807) is 0 Å². The maximum absolute atomic E-state index is 5.81. The molecule has 0 fully saturated rings. The number of nitrogens with two attached hydrogens (primary N) is 1. The van der Waals surface area contributed by atoms with Gasteiger partial charge in [0.2, 0.25) is 0 Å². The van der Waals surface area contributed by atoms with Crippen LogP contribution in [0.4, 0.5) is 0 Å². The van der Waals surface area contributed by atoms with E-state index in [2.05, 4.69) is 42.5 Å². The van der Waals surface area contributed by atoms with Crippen LogP contribution in [0.1, 0.15) is 46.0 Å². The summed E-state index contributed by atoms with van der Waals surface area (Å²) in [5.41, 5.74) is 5.81. The van der Waals surface area contributed by atoms with Crippen molar-refractivity contribution in [1.82, 2.24) is 14.8 Å². The normalized spacial score (nSPS) is 13.7. The molecule has 4 heteroatoms. The molecule has 1 aromatic heterocycles. The molecule has 0 aliphatic rings. The molecule has 0 amide bonds. The van der Waals surface area contributed by atoms with Gasteiger partial charge in [0.15, 0.2) is 0 Å². The van der Waals surface area contributed by atoms with Crippen LogP contribution in [-0.4, -0.2) is 21.3 Å². The fraction of sp³-hybridized carbons (Fsp3) is 0.833. The van der Waals surface area contributed by atoms with Crippen LogP contribution in [0.3, 0.4) is 0 Å². The summed E-state index contributed by atoms with van der Waals surface area (Å²) in [5.74, 6) is 2.26. The quantitative estimate of drug-likeness (QED) is 0.804. The Hall–Kier alpha value is -0.900. The number of hydrogen-bond acceptors (Lipinski definition) is 3. The topological polar surface area (TPSA) is 56.7 Å². The molecule has 1 heterocycles.